The Bertz CT molecular complexity index is 1360. The van der Waals surface area contributed by atoms with Crippen LogP contribution in [-0.2, 0) is 4.79 Å². The average Bonchev–Trinajstić information content (AvgIpc) is 2.89. The zero-order valence-electron chi connectivity index (χ0n) is 19.1. The lowest BCUT2D eigenvalue weighted by Gasteiger charge is -2.35. The van der Waals surface area contributed by atoms with Crippen LogP contribution in [0.4, 0.5) is 17.3 Å². The maximum atomic E-state index is 13.1. The van der Waals surface area contributed by atoms with Gasteiger partial charge in [0.25, 0.3) is 0 Å². The number of aromatic nitrogens is 2. The highest BCUT2D eigenvalue weighted by atomic mass is 16.2. The highest BCUT2D eigenvalue weighted by Gasteiger charge is 2.22. The summed E-state index contributed by atoms with van der Waals surface area (Å²) in [4.78, 5) is 33.8. The van der Waals surface area contributed by atoms with Crippen LogP contribution < -0.4 is 15.6 Å². The minimum atomic E-state index is -0.0852. The van der Waals surface area contributed by atoms with Crippen LogP contribution >= 0.6 is 0 Å². The van der Waals surface area contributed by atoms with E-state index in [1.807, 2.05) is 78.6 Å². The van der Waals surface area contributed by atoms with Crippen LogP contribution in [0.3, 0.4) is 0 Å². The highest BCUT2D eigenvalue weighted by molar-refractivity contribution is 5.85. The van der Waals surface area contributed by atoms with Crippen LogP contribution in [0.25, 0.3) is 16.6 Å². The Morgan fingerprint density at radius 1 is 0.941 bits per heavy atom. The van der Waals surface area contributed by atoms with Gasteiger partial charge in [-0.2, -0.15) is 0 Å². The molecule has 0 unspecified atom stereocenters. The number of anilines is 3. The molecular weight excluding hydrogens is 426 g/mol. The summed E-state index contributed by atoms with van der Waals surface area (Å²) < 4.78 is 2.06. The maximum Gasteiger partial charge on any atom is 0.222 e. The fourth-order valence-electron chi connectivity index (χ4n) is 4.40. The van der Waals surface area contributed by atoms with E-state index in [0.717, 1.165) is 22.7 Å². The van der Waals surface area contributed by atoms with Gasteiger partial charge in [0.05, 0.1) is 10.9 Å². The molecule has 0 radical (unpaired) electrons. The van der Waals surface area contributed by atoms with Crippen LogP contribution in [-0.4, -0.2) is 46.5 Å². The van der Waals surface area contributed by atoms with Crippen LogP contribution in [0.15, 0.2) is 83.8 Å². The van der Waals surface area contributed by atoms with Gasteiger partial charge in [0.1, 0.15) is 11.6 Å². The molecule has 5 rings (SSSR count). The molecule has 0 spiro atoms. The number of nitrogens with one attached hydrogen (secondary N) is 1. The molecule has 3 heterocycles. The summed E-state index contributed by atoms with van der Waals surface area (Å²) in [6.45, 7) is 4.66. The molecule has 1 fully saturated rings. The second kappa shape index (κ2) is 9.39. The molecule has 1 amide bonds. The van der Waals surface area contributed by atoms with E-state index in [1.54, 1.807) is 12.3 Å². The van der Waals surface area contributed by atoms with Crippen molar-refractivity contribution >= 4 is 34.1 Å². The van der Waals surface area contributed by atoms with Crippen LogP contribution in [0.5, 0.6) is 0 Å². The summed E-state index contributed by atoms with van der Waals surface area (Å²) in [5, 5.41) is 3.97. The summed E-state index contributed by atoms with van der Waals surface area (Å²) in [6.07, 6.45) is 2.19. The van der Waals surface area contributed by atoms with Gasteiger partial charge < -0.3 is 15.1 Å². The van der Waals surface area contributed by atoms with Gasteiger partial charge in [-0.3, -0.25) is 14.2 Å². The second-order valence-electron chi connectivity index (χ2n) is 8.34. The van der Waals surface area contributed by atoms with Gasteiger partial charge >= 0.3 is 0 Å². The zero-order chi connectivity index (χ0) is 23.5. The van der Waals surface area contributed by atoms with Crippen molar-refractivity contribution in [1.82, 2.24) is 14.5 Å². The first-order valence-corrected chi connectivity index (χ1v) is 11.6. The number of carbonyl (C=O) groups excluding carboxylic acids is 1. The van der Waals surface area contributed by atoms with E-state index in [0.29, 0.717) is 43.8 Å². The first kappa shape index (κ1) is 21.7. The van der Waals surface area contributed by atoms with Crippen molar-refractivity contribution in [1.29, 1.82) is 0 Å². The van der Waals surface area contributed by atoms with E-state index in [9.17, 15) is 9.59 Å². The van der Waals surface area contributed by atoms with Crippen LogP contribution in [0, 0.1) is 0 Å². The average molecular weight is 454 g/mol. The number of para-hydroxylation sites is 2. The third-order valence-corrected chi connectivity index (χ3v) is 6.20. The molecule has 1 aliphatic rings. The molecular formula is C27H27N5O2. The van der Waals surface area contributed by atoms with E-state index in [1.165, 1.54) is 0 Å². The molecule has 7 nitrogen and oxygen atoms in total. The molecule has 1 saturated heterocycles. The Hall–Kier alpha value is -4.13. The molecule has 4 aromatic rings. The summed E-state index contributed by atoms with van der Waals surface area (Å²) in [5.74, 6) is 1.67. The molecule has 2 aromatic carbocycles. The lowest BCUT2D eigenvalue weighted by molar-refractivity contribution is -0.131. The molecule has 0 saturated carbocycles. The van der Waals surface area contributed by atoms with E-state index in [4.69, 9.17) is 0 Å². The monoisotopic (exact) mass is 453 g/mol. The van der Waals surface area contributed by atoms with Crippen molar-refractivity contribution in [2.45, 2.75) is 13.3 Å². The largest absolute Gasteiger partial charge is 0.353 e. The van der Waals surface area contributed by atoms with E-state index in [2.05, 4.69) is 19.8 Å². The van der Waals surface area contributed by atoms with Gasteiger partial charge in [0.2, 0.25) is 5.91 Å². The zero-order valence-corrected chi connectivity index (χ0v) is 19.1. The van der Waals surface area contributed by atoms with Gasteiger partial charge in [-0.25, -0.2) is 4.98 Å². The fraction of sp³-hybridized carbons (Fsp3) is 0.222. The third kappa shape index (κ3) is 4.24. The van der Waals surface area contributed by atoms with Gasteiger partial charge in [0, 0.05) is 62.3 Å². The molecule has 0 aliphatic carbocycles. The molecule has 1 aliphatic heterocycles. The Morgan fingerprint density at radius 2 is 1.62 bits per heavy atom. The number of amides is 1. The number of hydrogen-bond donors (Lipinski definition) is 1. The Morgan fingerprint density at radius 3 is 2.29 bits per heavy atom. The summed E-state index contributed by atoms with van der Waals surface area (Å²) in [5.41, 5.74) is 2.55. The number of nitrogens with zero attached hydrogens (tertiary/aromatic N) is 4. The van der Waals surface area contributed by atoms with Crippen LogP contribution in [0.2, 0.25) is 0 Å². The number of carbonyl (C=O) groups is 1. The topological polar surface area (TPSA) is 70.5 Å². The summed E-state index contributed by atoms with van der Waals surface area (Å²) >= 11 is 0. The minimum Gasteiger partial charge on any atom is -0.353 e. The molecule has 1 N–H and O–H groups in total. The van der Waals surface area contributed by atoms with E-state index in [-0.39, 0.29) is 11.3 Å². The number of rotatable bonds is 5. The first-order chi connectivity index (χ1) is 16.6. The number of hydrogen-bond acceptors (Lipinski definition) is 5. The van der Waals surface area contributed by atoms with E-state index >= 15 is 0 Å². The van der Waals surface area contributed by atoms with E-state index < -0.39 is 0 Å². The third-order valence-electron chi connectivity index (χ3n) is 6.20. The molecule has 0 bridgehead atoms. The second-order valence-corrected chi connectivity index (χ2v) is 8.34. The van der Waals surface area contributed by atoms with Crippen molar-refractivity contribution in [2.24, 2.45) is 0 Å². The number of piperazine rings is 1. The van der Waals surface area contributed by atoms with Crippen molar-refractivity contribution < 1.29 is 4.79 Å². The standard InChI is InChI=1S/C27H27N5O2/c1-2-27(34)31-15-13-30(14-16-31)25-17-23-22(19-28-25)24(33)18-26(29-20-9-5-3-6-10-20)32(23)21-11-7-4-8-12-21/h3-12,17-19,29H,2,13-16H2,1H3. The van der Waals surface area contributed by atoms with Crippen molar-refractivity contribution in [3.63, 3.8) is 0 Å². The van der Waals surface area contributed by atoms with Crippen molar-refractivity contribution in [3.8, 4) is 5.69 Å². The number of fused-ring (bicyclic) bond motifs is 1. The summed E-state index contributed by atoms with van der Waals surface area (Å²) in [6, 6.07) is 23.4. The van der Waals surface area contributed by atoms with Gasteiger partial charge in [-0.05, 0) is 24.3 Å². The molecule has 2 aromatic heterocycles. The van der Waals surface area contributed by atoms with Crippen molar-refractivity contribution in [2.75, 3.05) is 36.4 Å². The highest BCUT2D eigenvalue weighted by Crippen LogP contribution is 2.27. The Labute approximate surface area is 198 Å². The Balaban J connectivity index is 1.60. The first-order valence-electron chi connectivity index (χ1n) is 11.6. The lowest BCUT2D eigenvalue weighted by Crippen LogP contribution is -2.48. The van der Waals surface area contributed by atoms with Gasteiger partial charge in [-0.1, -0.05) is 43.3 Å². The molecule has 7 heteroatoms. The van der Waals surface area contributed by atoms with Crippen molar-refractivity contribution in [3.05, 3.63) is 89.2 Å². The summed E-state index contributed by atoms with van der Waals surface area (Å²) in [7, 11) is 0. The predicted octanol–water partition coefficient (Wildman–Crippen LogP) is 4.19. The van der Waals surface area contributed by atoms with Gasteiger partial charge in [-0.15, -0.1) is 0 Å². The molecule has 0 atom stereocenters. The SMILES string of the molecule is CCC(=O)N1CCN(c2cc3c(cn2)c(=O)cc(Nc2ccccc2)n3-c2ccccc2)CC1. The smallest absolute Gasteiger partial charge is 0.222 e. The molecule has 34 heavy (non-hydrogen) atoms. The normalized spacial score (nSPS) is 13.8. The lowest BCUT2D eigenvalue weighted by atomic mass is 10.2. The minimum absolute atomic E-state index is 0.0852. The number of benzene rings is 2. The Kier molecular flexibility index (Phi) is 5.99. The quantitative estimate of drug-likeness (QED) is 0.491. The predicted molar refractivity (Wildman–Crippen MR) is 136 cm³/mol. The molecule has 172 valence electrons. The van der Waals surface area contributed by atoms with Crippen LogP contribution in [0.1, 0.15) is 13.3 Å². The maximum absolute atomic E-state index is 13.1. The van der Waals surface area contributed by atoms with Gasteiger partial charge in [0.15, 0.2) is 5.43 Å². The number of pyridine rings is 2. The fourth-order valence-corrected chi connectivity index (χ4v) is 4.40.